The van der Waals surface area contributed by atoms with Crippen LogP contribution in [0.4, 0.5) is 0 Å². The molecule has 0 aromatic heterocycles. The predicted octanol–water partition coefficient (Wildman–Crippen LogP) is 0.875. The van der Waals surface area contributed by atoms with E-state index in [1.54, 1.807) is 19.2 Å². The van der Waals surface area contributed by atoms with E-state index in [9.17, 15) is 4.79 Å². The molecule has 3 nitrogen and oxygen atoms in total. The zero-order valence-electron chi connectivity index (χ0n) is 7.91. The second-order valence-corrected chi connectivity index (χ2v) is 3.44. The summed E-state index contributed by atoms with van der Waals surface area (Å²) in [6.07, 6.45) is 0.573. The van der Waals surface area contributed by atoms with E-state index >= 15 is 0 Å². The molecule has 0 unspecified atom stereocenters. The highest BCUT2D eigenvalue weighted by Crippen LogP contribution is 2.05. The van der Waals surface area contributed by atoms with Gasteiger partial charge in [0.2, 0.25) is 0 Å². The lowest BCUT2D eigenvalue weighted by Gasteiger charge is -2.02. The highest BCUT2D eigenvalue weighted by molar-refractivity contribution is 7.80. The van der Waals surface area contributed by atoms with Crippen LogP contribution in [-0.2, 0) is 6.42 Å². The molecule has 0 aliphatic rings. The molecule has 0 bridgehead atoms. The van der Waals surface area contributed by atoms with Gasteiger partial charge in [-0.2, -0.15) is 0 Å². The molecule has 74 valence electrons. The van der Waals surface area contributed by atoms with Gasteiger partial charge in [0.25, 0.3) is 5.91 Å². The zero-order valence-corrected chi connectivity index (χ0v) is 8.73. The summed E-state index contributed by atoms with van der Waals surface area (Å²) in [6, 6.07) is 7.21. The largest absolute Gasteiger partial charge is 0.393 e. The van der Waals surface area contributed by atoms with Crippen LogP contribution < -0.4 is 11.1 Å². The van der Waals surface area contributed by atoms with Gasteiger partial charge in [-0.15, -0.1) is 0 Å². The minimum Gasteiger partial charge on any atom is -0.393 e. The van der Waals surface area contributed by atoms with Crippen molar-refractivity contribution in [3.63, 3.8) is 0 Å². The number of hydrogen-bond acceptors (Lipinski definition) is 2. The van der Waals surface area contributed by atoms with E-state index in [1.807, 2.05) is 12.1 Å². The van der Waals surface area contributed by atoms with Crippen LogP contribution in [0, 0.1) is 0 Å². The van der Waals surface area contributed by atoms with Gasteiger partial charge >= 0.3 is 0 Å². The molecule has 1 rings (SSSR count). The third-order valence-corrected chi connectivity index (χ3v) is 1.97. The Morgan fingerprint density at radius 3 is 2.43 bits per heavy atom. The van der Waals surface area contributed by atoms with Gasteiger partial charge in [-0.05, 0) is 17.7 Å². The van der Waals surface area contributed by atoms with Crippen molar-refractivity contribution in [2.75, 3.05) is 7.05 Å². The van der Waals surface area contributed by atoms with Gasteiger partial charge in [-0.1, -0.05) is 24.4 Å². The lowest BCUT2D eigenvalue weighted by molar-refractivity contribution is 0.0963. The van der Waals surface area contributed by atoms with E-state index in [1.165, 1.54) is 0 Å². The second kappa shape index (κ2) is 4.72. The van der Waals surface area contributed by atoms with Gasteiger partial charge < -0.3 is 11.1 Å². The van der Waals surface area contributed by atoms with E-state index in [-0.39, 0.29) is 5.91 Å². The summed E-state index contributed by atoms with van der Waals surface area (Å²) in [4.78, 5) is 11.6. The first-order chi connectivity index (χ1) is 6.63. The minimum absolute atomic E-state index is 0.0909. The third kappa shape index (κ3) is 2.81. The van der Waals surface area contributed by atoms with Crippen LogP contribution >= 0.6 is 12.2 Å². The summed E-state index contributed by atoms with van der Waals surface area (Å²) in [5.74, 6) is -0.0909. The Bertz CT molecular complexity index is 346. The number of nitrogens with one attached hydrogen (secondary N) is 1. The molecule has 3 N–H and O–H groups in total. The number of hydrogen-bond donors (Lipinski definition) is 2. The Morgan fingerprint density at radius 2 is 2.00 bits per heavy atom. The maximum atomic E-state index is 11.2. The summed E-state index contributed by atoms with van der Waals surface area (Å²) in [5.41, 5.74) is 7.06. The summed E-state index contributed by atoms with van der Waals surface area (Å²) < 4.78 is 0. The topological polar surface area (TPSA) is 55.1 Å². The predicted molar refractivity (Wildman–Crippen MR) is 60.3 cm³/mol. The SMILES string of the molecule is CNC(=O)c1ccc(CC(N)=S)cc1. The van der Waals surface area contributed by atoms with E-state index in [0.29, 0.717) is 17.0 Å². The first-order valence-electron chi connectivity index (χ1n) is 4.23. The molecule has 0 heterocycles. The van der Waals surface area contributed by atoms with Crippen LogP contribution in [0.2, 0.25) is 0 Å². The maximum absolute atomic E-state index is 11.2. The van der Waals surface area contributed by atoms with Crippen molar-refractivity contribution in [1.29, 1.82) is 0 Å². The number of thiocarbonyl (C=S) groups is 1. The lowest BCUT2D eigenvalue weighted by Crippen LogP contribution is -2.17. The molecule has 0 aliphatic heterocycles. The van der Waals surface area contributed by atoms with Gasteiger partial charge in [0.05, 0.1) is 4.99 Å². The molecular formula is C10H12N2OS. The maximum Gasteiger partial charge on any atom is 0.251 e. The Kier molecular flexibility index (Phi) is 3.59. The molecule has 14 heavy (non-hydrogen) atoms. The quantitative estimate of drug-likeness (QED) is 0.725. The molecule has 0 aliphatic carbocycles. The van der Waals surface area contributed by atoms with Crippen LogP contribution in [0.1, 0.15) is 15.9 Å². The van der Waals surface area contributed by atoms with Gasteiger partial charge in [0, 0.05) is 19.0 Å². The van der Waals surface area contributed by atoms with E-state index in [4.69, 9.17) is 18.0 Å². The number of rotatable bonds is 3. The Morgan fingerprint density at radius 1 is 1.43 bits per heavy atom. The van der Waals surface area contributed by atoms with Crippen molar-refractivity contribution in [3.05, 3.63) is 35.4 Å². The highest BCUT2D eigenvalue weighted by Gasteiger charge is 2.02. The number of nitrogens with two attached hydrogens (primary N) is 1. The van der Waals surface area contributed by atoms with Gasteiger partial charge in [0.15, 0.2) is 0 Å². The van der Waals surface area contributed by atoms with Crippen LogP contribution in [0.15, 0.2) is 24.3 Å². The second-order valence-electron chi connectivity index (χ2n) is 2.92. The molecular weight excluding hydrogens is 196 g/mol. The molecule has 1 amide bonds. The van der Waals surface area contributed by atoms with Crippen molar-refractivity contribution in [2.45, 2.75) is 6.42 Å². The fourth-order valence-corrected chi connectivity index (χ4v) is 1.29. The monoisotopic (exact) mass is 208 g/mol. The summed E-state index contributed by atoms with van der Waals surface area (Å²) in [6.45, 7) is 0. The van der Waals surface area contributed by atoms with Gasteiger partial charge in [-0.3, -0.25) is 4.79 Å². The van der Waals surface area contributed by atoms with Crippen LogP contribution in [0.3, 0.4) is 0 Å². The normalized spacial score (nSPS) is 9.50. The fourth-order valence-electron chi connectivity index (χ4n) is 1.12. The molecule has 0 radical (unpaired) electrons. The molecule has 0 saturated carbocycles. The molecule has 1 aromatic rings. The van der Waals surface area contributed by atoms with Crippen molar-refractivity contribution >= 4 is 23.1 Å². The van der Waals surface area contributed by atoms with E-state index in [2.05, 4.69) is 5.32 Å². The van der Waals surface area contributed by atoms with Crippen molar-refractivity contribution in [1.82, 2.24) is 5.32 Å². The Labute approximate surface area is 88.3 Å². The van der Waals surface area contributed by atoms with Gasteiger partial charge in [-0.25, -0.2) is 0 Å². The average Bonchev–Trinajstić information content (AvgIpc) is 2.17. The minimum atomic E-state index is -0.0909. The summed E-state index contributed by atoms with van der Waals surface area (Å²) in [5, 5.41) is 2.55. The summed E-state index contributed by atoms with van der Waals surface area (Å²) >= 11 is 4.78. The van der Waals surface area contributed by atoms with Crippen molar-refractivity contribution in [2.24, 2.45) is 5.73 Å². The fraction of sp³-hybridized carbons (Fsp3) is 0.200. The highest BCUT2D eigenvalue weighted by atomic mass is 32.1. The molecule has 4 heteroatoms. The van der Waals surface area contributed by atoms with E-state index < -0.39 is 0 Å². The smallest absolute Gasteiger partial charge is 0.251 e. The number of amides is 1. The lowest BCUT2D eigenvalue weighted by atomic mass is 10.1. The number of benzene rings is 1. The molecule has 0 atom stereocenters. The average molecular weight is 208 g/mol. The number of carbonyl (C=O) groups is 1. The third-order valence-electron chi connectivity index (χ3n) is 1.82. The van der Waals surface area contributed by atoms with Gasteiger partial charge in [0.1, 0.15) is 0 Å². The Balaban J connectivity index is 2.78. The van der Waals surface area contributed by atoms with Crippen LogP contribution in [-0.4, -0.2) is 17.9 Å². The van der Waals surface area contributed by atoms with Crippen molar-refractivity contribution < 1.29 is 4.79 Å². The van der Waals surface area contributed by atoms with Crippen molar-refractivity contribution in [3.8, 4) is 0 Å². The number of carbonyl (C=O) groups excluding carboxylic acids is 1. The first-order valence-corrected chi connectivity index (χ1v) is 4.63. The molecule has 0 spiro atoms. The van der Waals surface area contributed by atoms with Crippen LogP contribution in [0.25, 0.3) is 0 Å². The zero-order chi connectivity index (χ0) is 10.6. The first kappa shape index (κ1) is 10.7. The Hall–Kier alpha value is -1.42. The molecule has 1 aromatic carbocycles. The van der Waals surface area contributed by atoms with Crippen LogP contribution in [0.5, 0.6) is 0 Å². The standard InChI is InChI=1S/C10H12N2OS/c1-12-10(13)8-4-2-7(3-5-8)6-9(11)14/h2-5H,6H2,1H3,(H2,11,14)(H,12,13). The van der Waals surface area contributed by atoms with E-state index in [0.717, 1.165) is 5.56 Å². The molecule has 0 fully saturated rings. The summed E-state index contributed by atoms with van der Waals surface area (Å²) in [7, 11) is 1.60. The molecule has 0 saturated heterocycles.